The molecule has 0 amide bonds. The summed E-state index contributed by atoms with van der Waals surface area (Å²) in [6.45, 7) is 5.76. The first kappa shape index (κ1) is 13.6. The van der Waals surface area contributed by atoms with Crippen LogP contribution in [0.5, 0.6) is 0 Å². The Balaban J connectivity index is 4.37. The number of rotatable bonds is 7. The van der Waals surface area contributed by atoms with Crippen molar-refractivity contribution < 1.29 is 4.79 Å². The summed E-state index contributed by atoms with van der Waals surface area (Å²) >= 11 is 0. The summed E-state index contributed by atoms with van der Waals surface area (Å²) in [4.78, 5) is 11.0. The monoisotopic (exact) mass is 200 g/mol. The molecule has 0 bridgehead atoms. The number of hydrogen-bond donors (Lipinski definition) is 2. The Hall–Kier alpha value is -0.410. The summed E-state index contributed by atoms with van der Waals surface area (Å²) in [5, 5.41) is 0. The highest BCUT2D eigenvalue weighted by atomic mass is 16.1. The second kappa shape index (κ2) is 6.14. The quantitative estimate of drug-likeness (QED) is 0.655. The van der Waals surface area contributed by atoms with Gasteiger partial charge in [0, 0.05) is 18.0 Å². The van der Waals surface area contributed by atoms with Gasteiger partial charge in [-0.15, -0.1) is 0 Å². The van der Waals surface area contributed by atoms with Crippen molar-refractivity contribution in [2.45, 2.75) is 64.5 Å². The minimum Gasteiger partial charge on any atom is -0.326 e. The van der Waals surface area contributed by atoms with Crippen LogP contribution in [0.3, 0.4) is 0 Å². The third-order valence-corrected chi connectivity index (χ3v) is 2.68. The Morgan fingerprint density at radius 3 is 2.00 bits per heavy atom. The van der Waals surface area contributed by atoms with Crippen LogP contribution in [0.25, 0.3) is 0 Å². The van der Waals surface area contributed by atoms with Gasteiger partial charge in [-0.05, 0) is 19.8 Å². The first-order valence-electron chi connectivity index (χ1n) is 5.50. The average Bonchev–Trinajstić information content (AvgIpc) is 2.03. The van der Waals surface area contributed by atoms with Crippen LogP contribution in [0.2, 0.25) is 0 Å². The molecular weight excluding hydrogens is 176 g/mol. The van der Waals surface area contributed by atoms with E-state index in [1.165, 1.54) is 0 Å². The Morgan fingerprint density at radius 2 is 1.71 bits per heavy atom. The smallest absolute Gasteiger partial charge is 0.131 e. The average molecular weight is 200 g/mol. The maximum Gasteiger partial charge on any atom is 0.131 e. The zero-order valence-corrected chi connectivity index (χ0v) is 9.68. The van der Waals surface area contributed by atoms with E-state index in [2.05, 4.69) is 13.8 Å². The van der Waals surface area contributed by atoms with Crippen LogP contribution in [0, 0.1) is 0 Å². The molecule has 0 spiro atoms. The normalized spacial score (nSPS) is 14.1. The highest BCUT2D eigenvalue weighted by Crippen LogP contribution is 2.21. The van der Waals surface area contributed by atoms with Gasteiger partial charge in [-0.25, -0.2) is 0 Å². The first-order valence-corrected chi connectivity index (χ1v) is 5.50. The van der Waals surface area contributed by atoms with Crippen molar-refractivity contribution >= 4 is 5.78 Å². The topological polar surface area (TPSA) is 69.1 Å². The summed E-state index contributed by atoms with van der Waals surface area (Å²) in [6.07, 6.45) is 4.23. The number of carbonyl (C=O) groups excluding carboxylic acids is 1. The van der Waals surface area contributed by atoms with Crippen molar-refractivity contribution in [3.8, 4) is 0 Å². The van der Waals surface area contributed by atoms with E-state index in [0.29, 0.717) is 6.42 Å². The van der Waals surface area contributed by atoms with Crippen LogP contribution in [0.1, 0.15) is 52.9 Å². The van der Waals surface area contributed by atoms with Gasteiger partial charge in [0.2, 0.25) is 0 Å². The van der Waals surface area contributed by atoms with E-state index < -0.39 is 0 Å². The molecule has 0 aliphatic carbocycles. The van der Waals surface area contributed by atoms with E-state index in [1.54, 1.807) is 6.92 Å². The lowest BCUT2D eigenvalue weighted by atomic mass is 9.81. The van der Waals surface area contributed by atoms with E-state index >= 15 is 0 Å². The van der Waals surface area contributed by atoms with Crippen LogP contribution < -0.4 is 11.5 Å². The lowest BCUT2D eigenvalue weighted by Gasteiger charge is -2.34. The summed E-state index contributed by atoms with van der Waals surface area (Å²) in [5.74, 6) is 0.125. The third kappa shape index (κ3) is 4.20. The lowest BCUT2D eigenvalue weighted by molar-refractivity contribution is -0.117. The maximum absolute atomic E-state index is 11.0. The van der Waals surface area contributed by atoms with E-state index in [1.807, 2.05) is 0 Å². The van der Waals surface area contributed by atoms with Gasteiger partial charge in [0.15, 0.2) is 0 Å². The summed E-state index contributed by atoms with van der Waals surface area (Å²) in [6, 6.07) is -0.195. The molecule has 1 atom stereocenters. The number of carbonyl (C=O) groups is 1. The standard InChI is InChI=1S/C11H24N2O/c1-4-6-11(13,7-5-2)10(12)8-9(3)14/h10H,4-8,12-13H2,1-3H3. The Bertz CT molecular complexity index is 174. The first-order chi connectivity index (χ1) is 6.46. The molecule has 0 saturated heterocycles. The minimum absolute atomic E-state index is 0.125. The number of Topliss-reactive ketones (excluding diaryl/α,β-unsaturated/α-hetero) is 1. The Morgan fingerprint density at radius 1 is 1.29 bits per heavy atom. The largest absolute Gasteiger partial charge is 0.326 e. The highest BCUT2D eigenvalue weighted by Gasteiger charge is 2.31. The fraction of sp³-hybridized carbons (Fsp3) is 0.909. The molecule has 0 aromatic carbocycles. The molecular formula is C11H24N2O. The Labute approximate surface area is 87.2 Å². The minimum atomic E-state index is -0.352. The second-order valence-electron chi connectivity index (χ2n) is 4.25. The van der Waals surface area contributed by atoms with Gasteiger partial charge in [-0.2, -0.15) is 0 Å². The molecule has 0 aliphatic rings. The molecule has 3 heteroatoms. The molecule has 14 heavy (non-hydrogen) atoms. The van der Waals surface area contributed by atoms with Crippen LogP contribution in [0.4, 0.5) is 0 Å². The van der Waals surface area contributed by atoms with Crippen molar-refractivity contribution in [1.29, 1.82) is 0 Å². The third-order valence-electron chi connectivity index (χ3n) is 2.68. The molecule has 84 valence electrons. The number of ketones is 1. The summed E-state index contributed by atoms with van der Waals surface area (Å²) < 4.78 is 0. The second-order valence-corrected chi connectivity index (χ2v) is 4.25. The molecule has 4 N–H and O–H groups in total. The molecule has 0 radical (unpaired) electrons. The molecule has 0 aromatic heterocycles. The molecule has 0 aromatic rings. The molecule has 0 rings (SSSR count). The van der Waals surface area contributed by atoms with Gasteiger partial charge >= 0.3 is 0 Å². The lowest BCUT2D eigenvalue weighted by Crippen LogP contribution is -2.55. The molecule has 0 saturated carbocycles. The highest BCUT2D eigenvalue weighted by molar-refractivity contribution is 5.76. The van der Waals surface area contributed by atoms with Crippen LogP contribution in [0.15, 0.2) is 0 Å². The summed E-state index contributed by atoms with van der Waals surface area (Å²) in [7, 11) is 0. The predicted molar refractivity (Wildman–Crippen MR) is 60.0 cm³/mol. The zero-order chi connectivity index (χ0) is 11.2. The molecule has 3 nitrogen and oxygen atoms in total. The van der Waals surface area contributed by atoms with Crippen LogP contribution in [-0.4, -0.2) is 17.4 Å². The number of hydrogen-bond acceptors (Lipinski definition) is 3. The summed E-state index contributed by atoms with van der Waals surface area (Å²) in [5.41, 5.74) is 11.9. The number of nitrogens with two attached hydrogens (primary N) is 2. The van der Waals surface area contributed by atoms with E-state index in [9.17, 15) is 4.79 Å². The van der Waals surface area contributed by atoms with E-state index in [4.69, 9.17) is 11.5 Å². The fourth-order valence-electron chi connectivity index (χ4n) is 1.94. The van der Waals surface area contributed by atoms with Gasteiger partial charge < -0.3 is 11.5 Å². The molecule has 0 heterocycles. The van der Waals surface area contributed by atoms with Gasteiger partial charge in [-0.1, -0.05) is 26.7 Å². The molecule has 1 unspecified atom stereocenters. The maximum atomic E-state index is 11.0. The predicted octanol–water partition coefficient (Wildman–Crippen LogP) is 1.59. The molecule has 0 aliphatic heterocycles. The van der Waals surface area contributed by atoms with Crippen LogP contribution >= 0.6 is 0 Å². The van der Waals surface area contributed by atoms with Crippen molar-refractivity contribution in [2.75, 3.05) is 0 Å². The van der Waals surface area contributed by atoms with Crippen molar-refractivity contribution in [2.24, 2.45) is 11.5 Å². The van der Waals surface area contributed by atoms with Gasteiger partial charge in [0.25, 0.3) is 0 Å². The van der Waals surface area contributed by atoms with Gasteiger partial charge in [0.05, 0.1) is 0 Å². The molecule has 0 fully saturated rings. The SMILES string of the molecule is CCCC(N)(CCC)C(N)CC(C)=O. The van der Waals surface area contributed by atoms with Crippen molar-refractivity contribution in [3.63, 3.8) is 0 Å². The van der Waals surface area contributed by atoms with Crippen molar-refractivity contribution in [3.05, 3.63) is 0 Å². The van der Waals surface area contributed by atoms with E-state index in [0.717, 1.165) is 25.7 Å². The fourth-order valence-corrected chi connectivity index (χ4v) is 1.94. The van der Waals surface area contributed by atoms with E-state index in [-0.39, 0.29) is 17.4 Å². The van der Waals surface area contributed by atoms with Crippen molar-refractivity contribution in [1.82, 2.24) is 0 Å². The Kier molecular flexibility index (Phi) is 5.96. The zero-order valence-electron chi connectivity index (χ0n) is 9.68. The van der Waals surface area contributed by atoms with Crippen LogP contribution in [-0.2, 0) is 4.79 Å². The van der Waals surface area contributed by atoms with Gasteiger partial charge in [-0.3, -0.25) is 4.79 Å². The van der Waals surface area contributed by atoms with Gasteiger partial charge in [0.1, 0.15) is 5.78 Å².